The van der Waals surface area contributed by atoms with Crippen molar-refractivity contribution >= 4 is 27.7 Å². The van der Waals surface area contributed by atoms with Gasteiger partial charge in [0.25, 0.3) is 0 Å². The molecule has 32 heavy (non-hydrogen) atoms. The third-order valence-electron chi connectivity index (χ3n) is 5.59. The smallest absolute Gasteiger partial charge is 0.324 e. The van der Waals surface area contributed by atoms with Gasteiger partial charge in [-0.05, 0) is 37.0 Å². The Bertz CT molecular complexity index is 995. The number of ether oxygens (including phenoxy) is 2. The fourth-order valence-corrected chi connectivity index (χ4v) is 5.32. The van der Waals surface area contributed by atoms with Crippen LogP contribution in [0, 0.1) is 0 Å². The van der Waals surface area contributed by atoms with Crippen LogP contribution in [0.3, 0.4) is 0 Å². The average molecular weight is 461 g/mol. The number of benzene rings is 1. The first-order chi connectivity index (χ1) is 15.5. The lowest BCUT2D eigenvalue weighted by Crippen LogP contribution is -2.50. The van der Waals surface area contributed by atoms with Crippen molar-refractivity contribution in [1.82, 2.24) is 9.29 Å². The van der Waals surface area contributed by atoms with Gasteiger partial charge in [-0.15, -0.1) is 0 Å². The Labute approximate surface area is 188 Å². The van der Waals surface area contributed by atoms with Crippen molar-refractivity contribution in [3.8, 4) is 0 Å². The van der Waals surface area contributed by atoms with Gasteiger partial charge in [-0.1, -0.05) is 30.3 Å². The van der Waals surface area contributed by atoms with Crippen molar-refractivity contribution in [1.29, 1.82) is 0 Å². The number of aromatic nitrogens is 1. The van der Waals surface area contributed by atoms with Crippen LogP contribution in [0.5, 0.6) is 0 Å². The summed E-state index contributed by atoms with van der Waals surface area (Å²) in [6.45, 7) is 3.17. The van der Waals surface area contributed by atoms with E-state index in [1.807, 2.05) is 30.3 Å². The summed E-state index contributed by atoms with van der Waals surface area (Å²) in [4.78, 5) is 19.2. The fraction of sp³-hybridized carbons (Fsp3) is 0.455. The van der Waals surface area contributed by atoms with E-state index >= 15 is 0 Å². The van der Waals surface area contributed by atoms with Gasteiger partial charge in [0.1, 0.15) is 18.5 Å². The number of nitrogens with zero attached hydrogens (tertiary/aromatic N) is 3. The van der Waals surface area contributed by atoms with Crippen molar-refractivity contribution in [2.45, 2.75) is 31.9 Å². The summed E-state index contributed by atoms with van der Waals surface area (Å²) in [5, 5.41) is 0. The number of carbonyl (C=O) groups excluding carboxylic acids is 1. The summed E-state index contributed by atoms with van der Waals surface area (Å²) < 4.78 is 40.7. The van der Waals surface area contributed by atoms with E-state index in [1.165, 1.54) is 10.5 Å². The quantitative estimate of drug-likeness (QED) is 0.632. The molecule has 2 fully saturated rings. The second kappa shape index (κ2) is 10.3. The number of rotatable bonds is 7. The van der Waals surface area contributed by atoms with E-state index in [4.69, 9.17) is 9.47 Å². The first-order valence-electron chi connectivity index (χ1n) is 10.8. The van der Waals surface area contributed by atoms with Gasteiger partial charge in [-0.25, -0.2) is 4.98 Å². The predicted octanol–water partition coefficient (Wildman–Crippen LogP) is 2.17. The number of nitrogens with one attached hydrogen (secondary N) is 1. The highest BCUT2D eigenvalue weighted by atomic mass is 32.2. The summed E-state index contributed by atoms with van der Waals surface area (Å²) in [5.41, 5.74) is 1.21. The Morgan fingerprint density at radius 1 is 1.09 bits per heavy atom. The van der Waals surface area contributed by atoms with E-state index in [0.717, 1.165) is 30.9 Å². The third kappa shape index (κ3) is 5.56. The van der Waals surface area contributed by atoms with Crippen molar-refractivity contribution < 1.29 is 22.7 Å². The van der Waals surface area contributed by atoms with Crippen molar-refractivity contribution in [3.63, 3.8) is 0 Å². The molecule has 0 amide bonds. The maximum absolute atomic E-state index is 13.1. The van der Waals surface area contributed by atoms with E-state index < -0.39 is 22.2 Å². The fourth-order valence-electron chi connectivity index (χ4n) is 3.89. The van der Waals surface area contributed by atoms with E-state index in [1.54, 1.807) is 12.1 Å². The largest absolute Gasteiger partial charge is 0.460 e. The van der Waals surface area contributed by atoms with Crippen LogP contribution in [-0.4, -0.2) is 62.6 Å². The maximum atomic E-state index is 13.1. The van der Waals surface area contributed by atoms with E-state index in [0.29, 0.717) is 31.7 Å². The number of hydrogen-bond donors (Lipinski definition) is 1. The molecule has 0 saturated carbocycles. The SMILES string of the molecule is O=C(OCc1ccccc1)[C@@H]1CCCCN1S(=O)(=O)Nc1ccc(N2CCOCC2)nc1. The minimum absolute atomic E-state index is 0.115. The average Bonchev–Trinajstić information content (AvgIpc) is 2.84. The summed E-state index contributed by atoms with van der Waals surface area (Å²) in [5.74, 6) is 0.247. The number of anilines is 2. The molecule has 10 heteroatoms. The molecule has 0 unspecified atom stereocenters. The molecule has 4 rings (SSSR count). The highest BCUT2D eigenvalue weighted by Gasteiger charge is 2.38. The van der Waals surface area contributed by atoms with Gasteiger partial charge in [0, 0.05) is 19.6 Å². The van der Waals surface area contributed by atoms with Crippen LogP contribution < -0.4 is 9.62 Å². The standard InChI is InChI=1S/C22H28N4O5S/c27-22(31-17-18-6-2-1-3-7-18)20-8-4-5-11-26(20)32(28,29)24-19-9-10-21(23-16-19)25-12-14-30-15-13-25/h1-3,6-7,9-10,16,20,24H,4-5,8,11-15,17H2/t20-/m0/s1. The Hall–Kier alpha value is -2.69. The van der Waals surface area contributed by atoms with Crippen LogP contribution in [-0.2, 0) is 31.1 Å². The first-order valence-corrected chi connectivity index (χ1v) is 12.3. The van der Waals surface area contributed by atoms with Crippen LogP contribution in [0.4, 0.5) is 11.5 Å². The molecule has 172 valence electrons. The summed E-state index contributed by atoms with van der Waals surface area (Å²) >= 11 is 0. The molecule has 1 N–H and O–H groups in total. The third-order valence-corrected chi connectivity index (χ3v) is 7.14. The molecular formula is C22H28N4O5S. The van der Waals surface area contributed by atoms with Gasteiger partial charge in [0.05, 0.1) is 25.1 Å². The lowest BCUT2D eigenvalue weighted by Gasteiger charge is -2.33. The molecule has 3 heterocycles. The molecule has 0 bridgehead atoms. The minimum Gasteiger partial charge on any atom is -0.460 e. The second-order valence-corrected chi connectivity index (χ2v) is 9.45. The Kier molecular flexibility index (Phi) is 7.23. The lowest BCUT2D eigenvalue weighted by molar-refractivity contribution is -0.150. The Morgan fingerprint density at radius 3 is 2.59 bits per heavy atom. The molecular weight excluding hydrogens is 432 g/mol. The summed E-state index contributed by atoms with van der Waals surface area (Å²) in [7, 11) is -3.94. The number of esters is 1. The van der Waals surface area contributed by atoms with Crippen LogP contribution in [0.2, 0.25) is 0 Å². The monoisotopic (exact) mass is 460 g/mol. The normalized spacial score (nSPS) is 20.0. The zero-order valence-corrected chi connectivity index (χ0v) is 18.7. The molecule has 1 aromatic heterocycles. The van der Waals surface area contributed by atoms with E-state index in [-0.39, 0.29) is 13.2 Å². The van der Waals surface area contributed by atoms with E-state index in [2.05, 4.69) is 14.6 Å². The number of pyridine rings is 1. The zero-order valence-electron chi connectivity index (χ0n) is 17.9. The van der Waals surface area contributed by atoms with Crippen molar-refractivity contribution in [2.24, 2.45) is 0 Å². The lowest BCUT2D eigenvalue weighted by atomic mass is 10.1. The summed E-state index contributed by atoms with van der Waals surface area (Å²) in [6, 6.07) is 12.0. The number of carbonyl (C=O) groups is 1. The van der Waals surface area contributed by atoms with Crippen molar-refractivity contribution in [3.05, 3.63) is 54.2 Å². The van der Waals surface area contributed by atoms with Gasteiger partial charge in [0.2, 0.25) is 0 Å². The van der Waals surface area contributed by atoms with Crippen LogP contribution >= 0.6 is 0 Å². The van der Waals surface area contributed by atoms with Crippen LogP contribution in [0.25, 0.3) is 0 Å². The van der Waals surface area contributed by atoms with Gasteiger partial charge >= 0.3 is 16.2 Å². The molecule has 1 atom stereocenters. The molecule has 2 aliphatic heterocycles. The maximum Gasteiger partial charge on any atom is 0.324 e. The molecule has 0 radical (unpaired) electrons. The second-order valence-electron chi connectivity index (χ2n) is 7.83. The van der Waals surface area contributed by atoms with E-state index in [9.17, 15) is 13.2 Å². The molecule has 0 aliphatic carbocycles. The number of hydrogen-bond acceptors (Lipinski definition) is 7. The molecule has 1 aromatic carbocycles. The number of piperidine rings is 1. The highest BCUT2D eigenvalue weighted by Crippen LogP contribution is 2.24. The van der Waals surface area contributed by atoms with Gasteiger partial charge < -0.3 is 14.4 Å². The molecule has 0 spiro atoms. The van der Waals surface area contributed by atoms with Gasteiger partial charge in [-0.2, -0.15) is 12.7 Å². The van der Waals surface area contributed by atoms with Crippen molar-refractivity contribution in [2.75, 3.05) is 42.5 Å². The van der Waals surface area contributed by atoms with Crippen LogP contribution in [0.15, 0.2) is 48.7 Å². The molecule has 2 aliphatic rings. The predicted molar refractivity (Wildman–Crippen MR) is 120 cm³/mol. The zero-order chi connectivity index (χ0) is 22.4. The Balaban J connectivity index is 1.40. The summed E-state index contributed by atoms with van der Waals surface area (Å²) in [6.07, 6.45) is 3.39. The molecule has 2 saturated heterocycles. The Morgan fingerprint density at radius 2 is 1.88 bits per heavy atom. The minimum atomic E-state index is -3.94. The van der Waals surface area contributed by atoms with Crippen LogP contribution in [0.1, 0.15) is 24.8 Å². The molecule has 9 nitrogen and oxygen atoms in total. The number of morpholine rings is 1. The van der Waals surface area contributed by atoms with Gasteiger partial charge in [0.15, 0.2) is 0 Å². The molecule has 2 aromatic rings. The first kappa shape index (κ1) is 22.5. The topological polar surface area (TPSA) is 101 Å². The van der Waals surface area contributed by atoms with Gasteiger partial charge in [-0.3, -0.25) is 9.52 Å². The highest BCUT2D eigenvalue weighted by molar-refractivity contribution is 7.90.